The summed E-state index contributed by atoms with van der Waals surface area (Å²) in [5.41, 5.74) is 1.17. The molecule has 0 aliphatic carbocycles. The number of halogens is 1. The molecule has 1 amide bonds. The highest BCUT2D eigenvalue weighted by atomic mass is 35.5. The first-order chi connectivity index (χ1) is 11.6. The molecule has 2 aliphatic rings. The molecule has 24 heavy (non-hydrogen) atoms. The maximum absolute atomic E-state index is 12.5. The lowest BCUT2D eigenvalue weighted by Gasteiger charge is -2.47. The zero-order valence-electron chi connectivity index (χ0n) is 13.3. The Balaban J connectivity index is 1.74. The van der Waals surface area contributed by atoms with Gasteiger partial charge in [-0.1, -0.05) is 11.6 Å². The summed E-state index contributed by atoms with van der Waals surface area (Å²) in [6.45, 7) is 1.95. The highest BCUT2D eigenvalue weighted by molar-refractivity contribution is 6.31. The van der Waals surface area contributed by atoms with Gasteiger partial charge in [0.25, 0.3) is 0 Å². The molecule has 0 unspecified atom stereocenters. The van der Waals surface area contributed by atoms with Gasteiger partial charge in [0.15, 0.2) is 0 Å². The summed E-state index contributed by atoms with van der Waals surface area (Å²) in [4.78, 5) is 19.1. The van der Waals surface area contributed by atoms with Gasteiger partial charge in [-0.25, -0.2) is 0 Å². The Labute approximate surface area is 145 Å². The normalized spacial score (nSPS) is 27.5. The predicted molar refractivity (Wildman–Crippen MR) is 94.3 cm³/mol. The number of carbonyl (C=O) groups excluding carboxylic acids is 1. The number of amides is 1. The summed E-state index contributed by atoms with van der Waals surface area (Å²) in [5, 5.41) is 15.2. The Hall–Kier alpha value is -1.85. The number of piperidine rings is 2. The second-order valence-corrected chi connectivity index (χ2v) is 7.17. The van der Waals surface area contributed by atoms with E-state index in [0.29, 0.717) is 24.5 Å². The molecule has 2 aromatic rings. The van der Waals surface area contributed by atoms with Crippen molar-refractivity contribution in [3.8, 4) is 0 Å². The first-order valence-electron chi connectivity index (χ1n) is 8.36. The highest BCUT2D eigenvalue weighted by Crippen LogP contribution is 2.40. The number of aromatic nitrogens is 1. The van der Waals surface area contributed by atoms with E-state index >= 15 is 0 Å². The number of hydrogen-bond donors (Lipinski definition) is 2. The van der Waals surface area contributed by atoms with Crippen LogP contribution in [0.2, 0.25) is 5.02 Å². The minimum absolute atomic E-state index is 0.0210. The Morgan fingerprint density at radius 2 is 2.25 bits per heavy atom. The van der Waals surface area contributed by atoms with Crippen LogP contribution in [0.5, 0.6) is 0 Å². The van der Waals surface area contributed by atoms with Crippen LogP contribution in [0.25, 0.3) is 10.9 Å². The molecule has 2 N–H and O–H groups in total. The maximum atomic E-state index is 12.5. The molecular weight excluding hydrogens is 326 g/mol. The molecule has 126 valence electrons. The van der Waals surface area contributed by atoms with Crippen molar-refractivity contribution < 1.29 is 9.90 Å². The standard InChI is InChI=1S/C18H20ClN3O2/c19-12-2-3-13-14(10-12)20-8-4-15(13)22-9-5-16(23)18(11-22)6-1-7-21-17(18)24/h2-4,8,10,16,23H,1,5-7,9,11H2,(H,21,24)/t16-,18+/m0/s1. The average Bonchev–Trinajstić information content (AvgIpc) is 2.59. The van der Waals surface area contributed by atoms with E-state index in [4.69, 9.17) is 11.6 Å². The van der Waals surface area contributed by atoms with Gasteiger partial charge in [-0.2, -0.15) is 0 Å². The SMILES string of the molecule is O=C1NCCC[C@]12CN(c1ccnc3cc(Cl)ccc13)CC[C@@H]2O. The number of fused-ring (bicyclic) bond motifs is 1. The fourth-order valence-corrected chi connectivity index (χ4v) is 4.20. The summed E-state index contributed by atoms with van der Waals surface area (Å²) in [6, 6.07) is 7.65. The van der Waals surface area contributed by atoms with Crippen LogP contribution < -0.4 is 10.2 Å². The summed E-state index contributed by atoms with van der Waals surface area (Å²) >= 11 is 6.07. The molecule has 0 bridgehead atoms. The van der Waals surface area contributed by atoms with E-state index in [1.165, 1.54) is 0 Å². The number of benzene rings is 1. The van der Waals surface area contributed by atoms with E-state index in [9.17, 15) is 9.90 Å². The molecule has 5 nitrogen and oxygen atoms in total. The lowest BCUT2D eigenvalue weighted by molar-refractivity contribution is -0.142. The van der Waals surface area contributed by atoms with Gasteiger partial charge in [0.1, 0.15) is 0 Å². The Bertz CT molecular complexity index is 797. The van der Waals surface area contributed by atoms with Gasteiger partial charge in [0.05, 0.1) is 17.0 Å². The third-order valence-electron chi connectivity index (χ3n) is 5.34. The molecule has 1 aromatic heterocycles. The number of rotatable bonds is 1. The van der Waals surface area contributed by atoms with Crippen molar-refractivity contribution in [3.05, 3.63) is 35.5 Å². The summed E-state index contributed by atoms with van der Waals surface area (Å²) in [6.07, 6.45) is 3.41. The first kappa shape index (κ1) is 15.7. The Morgan fingerprint density at radius 1 is 1.38 bits per heavy atom. The smallest absolute Gasteiger partial charge is 0.230 e. The number of aliphatic hydroxyl groups is 1. The largest absolute Gasteiger partial charge is 0.392 e. The van der Waals surface area contributed by atoms with Crippen molar-refractivity contribution in [3.63, 3.8) is 0 Å². The minimum Gasteiger partial charge on any atom is -0.392 e. The van der Waals surface area contributed by atoms with Gasteiger partial charge in [-0.3, -0.25) is 9.78 Å². The molecule has 1 spiro atoms. The summed E-state index contributed by atoms with van der Waals surface area (Å²) < 4.78 is 0. The summed E-state index contributed by atoms with van der Waals surface area (Å²) in [5.74, 6) is -0.0210. The van der Waals surface area contributed by atoms with Crippen LogP contribution in [-0.2, 0) is 4.79 Å². The van der Waals surface area contributed by atoms with Crippen molar-refractivity contribution in [2.24, 2.45) is 5.41 Å². The van der Waals surface area contributed by atoms with Crippen LogP contribution in [-0.4, -0.2) is 41.7 Å². The molecule has 0 radical (unpaired) electrons. The van der Waals surface area contributed by atoms with Crippen LogP contribution in [0.4, 0.5) is 5.69 Å². The van der Waals surface area contributed by atoms with Crippen LogP contribution >= 0.6 is 11.6 Å². The average molecular weight is 346 g/mol. The molecule has 2 atom stereocenters. The Kier molecular flexibility index (Phi) is 3.85. The maximum Gasteiger partial charge on any atom is 0.230 e. The second-order valence-electron chi connectivity index (χ2n) is 6.73. The molecule has 6 heteroatoms. The van der Waals surface area contributed by atoms with Crippen LogP contribution in [0.15, 0.2) is 30.5 Å². The van der Waals surface area contributed by atoms with Gasteiger partial charge < -0.3 is 15.3 Å². The van der Waals surface area contributed by atoms with Crippen LogP contribution in [0.1, 0.15) is 19.3 Å². The molecular formula is C18H20ClN3O2. The number of pyridine rings is 1. The monoisotopic (exact) mass is 345 g/mol. The second kappa shape index (κ2) is 5.90. The van der Waals surface area contributed by atoms with Crippen molar-refractivity contribution in [2.45, 2.75) is 25.4 Å². The molecule has 3 heterocycles. The van der Waals surface area contributed by atoms with Crippen molar-refractivity contribution in [1.82, 2.24) is 10.3 Å². The van der Waals surface area contributed by atoms with Gasteiger partial charge in [0, 0.05) is 41.9 Å². The number of hydrogen-bond acceptors (Lipinski definition) is 4. The number of carbonyl (C=O) groups is 1. The topological polar surface area (TPSA) is 65.5 Å². The molecule has 4 rings (SSSR count). The zero-order chi connectivity index (χ0) is 16.7. The van der Waals surface area contributed by atoms with E-state index in [1.807, 2.05) is 24.3 Å². The fourth-order valence-electron chi connectivity index (χ4n) is 4.03. The van der Waals surface area contributed by atoms with E-state index < -0.39 is 11.5 Å². The van der Waals surface area contributed by atoms with Crippen molar-refractivity contribution in [2.75, 3.05) is 24.5 Å². The van der Waals surface area contributed by atoms with Gasteiger partial charge >= 0.3 is 0 Å². The quantitative estimate of drug-likeness (QED) is 0.832. The summed E-state index contributed by atoms with van der Waals surface area (Å²) in [7, 11) is 0. The highest BCUT2D eigenvalue weighted by Gasteiger charge is 2.49. The van der Waals surface area contributed by atoms with Crippen LogP contribution in [0.3, 0.4) is 0 Å². The van der Waals surface area contributed by atoms with Gasteiger partial charge in [-0.15, -0.1) is 0 Å². The molecule has 2 fully saturated rings. The molecule has 2 aliphatic heterocycles. The molecule has 0 saturated carbocycles. The van der Waals surface area contributed by atoms with Crippen molar-refractivity contribution in [1.29, 1.82) is 0 Å². The number of anilines is 1. The first-order valence-corrected chi connectivity index (χ1v) is 8.73. The third kappa shape index (κ3) is 2.43. The van der Waals surface area contributed by atoms with Crippen LogP contribution in [0, 0.1) is 5.41 Å². The van der Waals surface area contributed by atoms with Gasteiger partial charge in [-0.05, 0) is 43.5 Å². The minimum atomic E-state index is -0.710. The van der Waals surface area contributed by atoms with E-state index in [2.05, 4.69) is 15.2 Å². The fraction of sp³-hybridized carbons (Fsp3) is 0.444. The Morgan fingerprint density at radius 3 is 3.08 bits per heavy atom. The number of nitrogens with zero attached hydrogens (tertiary/aromatic N) is 2. The van der Waals surface area contributed by atoms with E-state index in [0.717, 1.165) is 36.0 Å². The van der Waals surface area contributed by atoms with E-state index in [1.54, 1.807) is 6.20 Å². The van der Waals surface area contributed by atoms with E-state index in [-0.39, 0.29) is 5.91 Å². The lowest BCUT2D eigenvalue weighted by atomic mass is 9.71. The molecule has 2 saturated heterocycles. The number of nitrogens with one attached hydrogen (secondary N) is 1. The predicted octanol–water partition coefficient (Wildman–Crippen LogP) is 2.36. The molecule has 1 aromatic carbocycles. The number of aliphatic hydroxyl groups excluding tert-OH is 1. The lowest BCUT2D eigenvalue weighted by Crippen LogP contribution is -2.61. The van der Waals surface area contributed by atoms with Gasteiger partial charge in [0.2, 0.25) is 5.91 Å². The zero-order valence-corrected chi connectivity index (χ0v) is 14.1. The third-order valence-corrected chi connectivity index (χ3v) is 5.58. The van der Waals surface area contributed by atoms with Crippen molar-refractivity contribution >= 4 is 34.1 Å².